The Morgan fingerprint density at radius 2 is 1.82 bits per heavy atom. The van der Waals surface area contributed by atoms with Gasteiger partial charge in [-0.15, -0.1) is 0 Å². The number of rotatable bonds is 5. The summed E-state index contributed by atoms with van der Waals surface area (Å²) in [6.45, 7) is 3.55. The third-order valence-electron chi connectivity index (χ3n) is 6.03. The van der Waals surface area contributed by atoms with Crippen LogP contribution in [0.4, 0.5) is 11.8 Å². The fraction of sp³-hybridized carbons (Fsp3) is 0.192. The van der Waals surface area contributed by atoms with Gasteiger partial charge in [0.25, 0.3) is 0 Å². The van der Waals surface area contributed by atoms with E-state index < -0.39 is 0 Å². The topological polar surface area (TPSA) is 79.0 Å². The fourth-order valence-corrected chi connectivity index (χ4v) is 4.25. The average Bonchev–Trinajstić information content (AvgIpc) is 3.36. The molecule has 1 saturated heterocycles. The highest BCUT2D eigenvalue weighted by molar-refractivity contribution is 5.94. The molecule has 1 aliphatic rings. The fourth-order valence-electron chi connectivity index (χ4n) is 4.25. The minimum absolute atomic E-state index is 0.599. The van der Waals surface area contributed by atoms with Crippen LogP contribution in [-0.4, -0.2) is 46.2 Å². The van der Waals surface area contributed by atoms with Gasteiger partial charge in [-0.25, -0.2) is 4.98 Å². The van der Waals surface area contributed by atoms with Gasteiger partial charge in [0.15, 0.2) is 0 Å². The zero-order valence-electron chi connectivity index (χ0n) is 18.2. The van der Waals surface area contributed by atoms with Crippen LogP contribution in [0.3, 0.4) is 0 Å². The monoisotopic (exact) mass is 436 g/mol. The largest absolute Gasteiger partial charge is 0.378 e. The number of aromatic amines is 1. The van der Waals surface area contributed by atoms with Crippen LogP contribution in [0.5, 0.6) is 0 Å². The van der Waals surface area contributed by atoms with Gasteiger partial charge in [0.2, 0.25) is 5.95 Å². The third kappa shape index (κ3) is 3.99. The Hall–Kier alpha value is -3.97. The third-order valence-corrected chi connectivity index (χ3v) is 6.03. The van der Waals surface area contributed by atoms with Crippen LogP contribution in [0.1, 0.15) is 5.69 Å². The lowest BCUT2D eigenvalue weighted by molar-refractivity contribution is 0.122. The van der Waals surface area contributed by atoms with E-state index in [1.54, 1.807) is 0 Å². The summed E-state index contributed by atoms with van der Waals surface area (Å²) in [5, 5.41) is 5.68. The van der Waals surface area contributed by atoms with Gasteiger partial charge < -0.3 is 19.9 Å². The zero-order valence-corrected chi connectivity index (χ0v) is 18.2. The Morgan fingerprint density at radius 3 is 2.70 bits per heavy atom. The zero-order chi connectivity index (χ0) is 22.0. The summed E-state index contributed by atoms with van der Waals surface area (Å²) in [5.74, 6) is 1.55. The first-order valence-electron chi connectivity index (χ1n) is 11.2. The van der Waals surface area contributed by atoms with Crippen molar-refractivity contribution in [1.82, 2.24) is 19.9 Å². The van der Waals surface area contributed by atoms with Gasteiger partial charge in [-0.1, -0.05) is 18.2 Å². The van der Waals surface area contributed by atoms with Gasteiger partial charge in [-0.05, 0) is 59.0 Å². The molecule has 0 saturated carbocycles. The normalized spacial score (nSPS) is 14.1. The lowest BCUT2D eigenvalue weighted by atomic mass is 10.0. The van der Waals surface area contributed by atoms with Gasteiger partial charge in [0.05, 0.1) is 31.0 Å². The lowest BCUT2D eigenvalue weighted by Gasteiger charge is -2.27. The second-order valence-corrected chi connectivity index (χ2v) is 8.16. The van der Waals surface area contributed by atoms with E-state index in [9.17, 15) is 0 Å². The number of hydrogen-bond acceptors (Lipinski definition) is 6. The average molecular weight is 437 g/mol. The van der Waals surface area contributed by atoms with Crippen molar-refractivity contribution < 1.29 is 4.74 Å². The molecule has 0 spiro atoms. The summed E-state index contributed by atoms with van der Waals surface area (Å²) in [6.07, 6.45) is 3.78. The van der Waals surface area contributed by atoms with Crippen molar-refractivity contribution in [3.63, 3.8) is 0 Å². The van der Waals surface area contributed by atoms with E-state index in [0.29, 0.717) is 19.8 Å². The number of H-pyrrole nitrogens is 1. The SMILES string of the molecule is c1ccc(CNc2nc(N3CCOCC3)nc3cc(-c4ccc5[nH]ccc5c4)ccc23)nc1. The van der Waals surface area contributed by atoms with E-state index in [-0.39, 0.29) is 0 Å². The summed E-state index contributed by atoms with van der Waals surface area (Å²) in [6, 6.07) is 20.9. The van der Waals surface area contributed by atoms with Crippen LogP contribution < -0.4 is 10.2 Å². The number of pyridine rings is 1. The van der Waals surface area contributed by atoms with Crippen LogP contribution >= 0.6 is 0 Å². The number of fused-ring (bicyclic) bond motifs is 2. The van der Waals surface area contributed by atoms with Crippen LogP contribution in [0.25, 0.3) is 32.9 Å². The van der Waals surface area contributed by atoms with Crippen molar-refractivity contribution >= 4 is 33.6 Å². The molecule has 7 nitrogen and oxygen atoms in total. The number of anilines is 2. The molecule has 6 rings (SSSR count). The number of nitrogens with zero attached hydrogens (tertiary/aromatic N) is 4. The Balaban J connectivity index is 1.41. The number of hydrogen-bond donors (Lipinski definition) is 2. The molecule has 0 amide bonds. The predicted molar refractivity (Wildman–Crippen MR) is 131 cm³/mol. The summed E-state index contributed by atoms with van der Waals surface area (Å²) < 4.78 is 5.53. The summed E-state index contributed by atoms with van der Waals surface area (Å²) in [4.78, 5) is 19.7. The number of aromatic nitrogens is 4. The van der Waals surface area contributed by atoms with Gasteiger partial charge in [0, 0.05) is 36.4 Å². The highest BCUT2D eigenvalue weighted by Gasteiger charge is 2.17. The molecular formula is C26H24N6O. The minimum Gasteiger partial charge on any atom is -0.378 e. The van der Waals surface area contributed by atoms with Crippen LogP contribution in [0.15, 0.2) is 73.1 Å². The molecular weight excluding hydrogens is 412 g/mol. The molecule has 0 bridgehead atoms. The molecule has 0 aliphatic carbocycles. The molecule has 0 unspecified atom stereocenters. The lowest BCUT2D eigenvalue weighted by Crippen LogP contribution is -2.37. The number of morpholine rings is 1. The smallest absolute Gasteiger partial charge is 0.228 e. The molecule has 33 heavy (non-hydrogen) atoms. The van der Waals surface area contributed by atoms with Gasteiger partial charge in [0.1, 0.15) is 5.82 Å². The Morgan fingerprint density at radius 1 is 0.939 bits per heavy atom. The van der Waals surface area contributed by atoms with Crippen molar-refractivity contribution in [1.29, 1.82) is 0 Å². The number of nitrogens with one attached hydrogen (secondary N) is 2. The molecule has 7 heteroatoms. The first-order valence-corrected chi connectivity index (χ1v) is 11.2. The van der Waals surface area contributed by atoms with E-state index in [1.165, 1.54) is 10.9 Å². The predicted octanol–water partition coefficient (Wildman–Crippen LogP) is 4.62. The van der Waals surface area contributed by atoms with Crippen molar-refractivity contribution in [3.8, 4) is 11.1 Å². The standard InChI is InChI=1S/C26H24N6O/c1-2-9-27-21(3-1)17-29-25-22-6-4-19(18-5-7-23-20(15-18)8-10-28-23)16-24(22)30-26(31-25)32-11-13-33-14-12-32/h1-10,15-16,28H,11-14,17H2,(H,29,30,31). The summed E-state index contributed by atoms with van der Waals surface area (Å²) in [5.41, 5.74) is 5.32. The molecule has 1 aliphatic heterocycles. The van der Waals surface area contributed by atoms with Crippen molar-refractivity contribution in [2.75, 3.05) is 36.5 Å². The Bertz CT molecular complexity index is 1410. The van der Waals surface area contributed by atoms with Crippen LogP contribution in [0, 0.1) is 0 Å². The highest BCUT2D eigenvalue weighted by atomic mass is 16.5. The second-order valence-electron chi connectivity index (χ2n) is 8.16. The quantitative estimate of drug-likeness (QED) is 0.419. The summed E-state index contributed by atoms with van der Waals surface area (Å²) in [7, 11) is 0. The maximum Gasteiger partial charge on any atom is 0.228 e. The van der Waals surface area contributed by atoms with Gasteiger partial charge in [-0.3, -0.25) is 4.98 Å². The minimum atomic E-state index is 0.599. The van der Waals surface area contributed by atoms with Crippen molar-refractivity contribution in [3.05, 3.63) is 78.8 Å². The summed E-state index contributed by atoms with van der Waals surface area (Å²) >= 11 is 0. The second kappa shape index (κ2) is 8.52. The molecule has 4 heterocycles. The van der Waals surface area contributed by atoms with Crippen LogP contribution in [-0.2, 0) is 11.3 Å². The first kappa shape index (κ1) is 19.7. The Kier molecular flexibility index (Phi) is 5.08. The van der Waals surface area contributed by atoms with E-state index in [1.807, 2.05) is 30.6 Å². The first-order chi connectivity index (χ1) is 16.3. The molecule has 164 valence electrons. The molecule has 0 atom stereocenters. The number of ether oxygens (including phenoxy) is 1. The molecule has 2 N–H and O–H groups in total. The molecule has 3 aromatic heterocycles. The van der Waals surface area contributed by atoms with E-state index in [4.69, 9.17) is 14.7 Å². The molecule has 5 aromatic rings. The maximum absolute atomic E-state index is 5.53. The van der Waals surface area contributed by atoms with E-state index in [2.05, 4.69) is 62.6 Å². The maximum atomic E-state index is 5.53. The van der Waals surface area contributed by atoms with E-state index in [0.717, 1.165) is 52.5 Å². The van der Waals surface area contributed by atoms with Crippen molar-refractivity contribution in [2.45, 2.75) is 6.54 Å². The number of benzene rings is 2. The Labute approximate surface area is 191 Å². The van der Waals surface area contributed by atoms with Gasteiger partial charge in [-0.2, -0.15) is 4.98 Å². The molecule has 0 radical (unpaired) electrons. The van der Waals surface area contributed by atoms with Gasteiger partial charge >= 0.3 is 0 Å². The van der Waals surface area contributed by atoms with Crippen molar-refractivity contribution in [2.24, 2.45) is 0 Å². The highest BCUT2D eigenvalue weighted by Crippen LogP contribution is 2.30. The van der Waals surface area contributed by atoms with E-state index >= 15 is 0 Å². The molecule has 1 fully saturated rings. The molecule has 2 aromatic carbocycles. The van der Waals surface area contributed by atoms with Crippen LogP contribution in [0.2, 0.25) is 0 Å².